The lowest BCUT2D eigenvalue weighted by Gasteiger charge is -2.10. The molecule has 0 heterocycles. The molecule has 0 saturated carbocycles. The quantitative estimate of drug-likeness (QED) is 0.382. The maximum Gasteiger partial charge on any atom is 0.0380 e. The van der Waals surface area contributed by atoms with E-state index in [-0.39, 0.29) is 0 Å². The summed E-state index contributed by atoms with van der Waals surface area (Å²) in [6, 6.07) is 16.9. The van der Waals surface area contributed by atoms with Gasteiger partial charge in [-0.1, -0.05) is 94.3 Å². The molecule has 0 fully saturated rings. The van der Waals surface area contributed by atoms with Crippen LogP contribution >= 0.6 is 0 Å². The summed E-state index contributed by atoms with van der Waals surface area (Å²) < 4.78 is 0. The van der Waals surface area contributed by atoms with Gasteiger partial charge in [-0.25, -0.2) is 0 Å². The SMILES string of the molecule is C=C.C=C.C=C(N/C=C(\C)c1cccc(C)c1)c1cccc(CNC)c1.C=CCCC.CCC. The van der Waals surface area contributed by atoms with Crippen LogP contribution in [0.4, 0.5) is 0 Å². The lowest BCUT2D eigenvalue weighted by Crippen LogP contribution is -2.07. The largest absolute Gasteiger partial charge is 0.361 e. The molecule has 2 aromatic rings. The molecular weight excluding hydrogens is 412 g/mol. The summed E-state index contributed by atoms with van der Waals surface area (Å²) in [5.41, 5.74) is 6.96. The average Bonchev–Trinajstić information content (AvgIpc) is 2.86. The molecule has 0 unspecified atom stereocenters. The van der Waals surface area contributed by atoms with Gasteiger partial charge in [0.25, 0.3) is 0 Å². The van der Waals surface area contributed by atoms with E-state index in [9.17, 15) is 0 Å². The molecule has 0 aliphatic heterocycles. The van der Waals surface area contributed by atoms with Gasteiger partial charge in [-0.05, 0) is 55.6 Å². The molecule has 0 aliphatic rings. The number of allylic oxidation sites excluding steroid dienone is 2. The van der Waals surface area contributed by atoms with Crippen molar-refractivity contribution in [3.63, 3.8) is 0 Å². The van der Waals surface area contributed by atoms with Gasteiger partial charge in [-0.15, -0.1) is 32.9 Å². The third kappa shape index (κ3) is 18.5. The van der Waals surface area contributed by atoms with Crippen LogP contribution < -0.4 is 10.6 Å². The molecule has 2 nitrogen and oxygen atoms in total. The Bertz CT molecular complexity index is 800. The number of nitrogens with one attached hydrogen (secondary N) is 2. The fourth-order valence-corrected chi connectivity index (χ4v) is 2.53. The predicted octanol–water partition coefficient (Wildman–Crippen LogP) is 9.33. The molecule has 188 valence electrons. The molecule has 2 rings (SSSR count). The van der Waals surface area contributed by atoms with Gasteiger partial charge in [0.2, 0.25) is 0 Å². The van der Waals surface area contributed by atoms with E-state index in [1.54, 1.807) is 0 Å². The zero-order chi connectivity index (χ0) is 26.8. The van der Waals surface area contributed by atoms with Gasteiger partial charge >= 0.3 is 0 Å². The van der Waals surface area contributed by atoms with Gasteiger partial charge < -0.3 is 10.6 Å². The van der Waals surface area contributed by atoms with Gasteiger partial charge in [0.1, 0.15) is 0 Å². The number of hydrogen-bond donors (Lipinski definition) is 2. The first-order valence-electron chi connectivity index (χ1n) is 12.0. The van der Waals surface area contributed by atoms with E-state index in [2.05, 4.69) is 133 Å². The maximum atomic E-state index is 4.13. The first-order valence-corrected chi connectivity index (χ1v) is 12.0. The highest BCUT2D eigenvalue weighted by atomic mass is 14.8. The Balaban J connectivity index is -0.000000676. The minimum absolute atomic E-state index is 0.860. The van der Waals surface area contributed by atoms with Gasteiger partial charge in [-0.3, -0.25) is 0 Å². The van der Waals surface area contributed by atoms with Crippen molar-refractivity contribution in [3.8, 4) is 0 Å². The van der Waals surface area contributed by atoms with Gasteiger partial charge in [0, 0.05) is 18.4 Å². The molecule has 0 aliphatic carbocycles. The zero-order valence-corrected chi connectivity index (χ0v) is 22.8. The Hall–Kier alpha value is -3.10. The van der Waals surface area contributed by atoms with Gasteiger partial charge in [-0.2, -0.15) is 0 Å². The van der Waals surface area contributed by atoms with Crippen LogP contribution in [-0.4, -0.2) is 7.05 Å². The van der Waals surface area contributed by atoms with Crippen molar-refractivity contribution >= 4 is 11.3 Å². The second-order valence-electron chi connectivity index (χ2n) is 7.33. The maximum absolute atomic E-state index is 4.13. The first-order chi connectivity index (χ1) is 16.4. The molecule has 0 bridgehead atoms. The molecular formula is C32H50N2. The third-order valence-corrected chi connectivity index (χ3v) is 4.09. The smallest absolute Gasteiger partial charge is 0.0380 e. The Morgan fingerprint density at radius 2 is 1.47 bits per heavy atom. The molecule has 0 saturated heterocycles. The highest BCUT2D eigenvalue weighted by Gasteiger charge is 2.00. The van der Waals surface area contributed by atoms with E-state index >= 15 is 0 Å². The highest BCUT2D eigenvalue weighted by molar-refractivity contribution is 5.68. The molecule has 0 spiro atoms. The lowest BCUT2D eigenvalue weighted by molar-refractivity contribution is 0.817. The summed E-state index contributed by atoms with van der Waals surface area (Å²) in [6.45, 7) is 31.1. The van der Waals surface area contributed by atoms with Crippen LogP contribution in [0.25, 0.3) is 11.3 Å². The Labute approximate surface area is 211 Å². The summed E-state index contributed by atoms with van der Waals surface area (Å²) in [6.07, 6.45) is 7.57. The number of rotatable bonds is 8. The Morgan fingerprint density at radius 3 is 1.94 bits per heavy atom. The van der Waals surface area contributed by atoms with Crippen molar-refractivity contribution in [2.75, 3.05) is 7.05 Å². The summed E-state index contributed by atoms with van der Waals surface area (Å²) in [4.78, 5) is 0. The summed E-state index contributed by atoms with van der Waals surface area (Å²) in [5, 5.41) is 6.47. The standard InChI is InChI=1S/C20H24N2.C5H10.C3H8.2C2H4/c1-15-7-5-9-19(11-15)16(2)13-22-17(3)20-10-6-8-18(12-20)14-21-4;1-3-5-4-2;1-3-2;2*1-2/h5-13,21-22H,3,14H2,1-2,4H3;3H,1,4-5H2,2H3;3H2,1-2H3;2*1-2H2/b16-13+;;;;. The topological polar surface area (TPSA) is 24.1 Å². The molecule has 2 N–H and O–H groups in total. The summed E-state index contributed by atoms with van der Waals surface area (Å²) >= 11 is 0. The van der Waals surface area contributed by atoms with Crippen LogP contribution in [-0.2, 0) is 6.54 Å². The summed E-state index contributed by atoms with van der Waals surface area (Å²) in [7, 11) is 1.95. The van der Waals surface area contributed by atoms with Crippen LogP contribution in [0, 0.1) is 6.92 Å². The first kappa shape index (κ1) is 35.5. The molecule has 0 atom stereocenters. The monoisotopic (exact) mass is 462 g/mol. The lowest BCUT2D eigenvalue weighted by atomic mass is 10.1. The van der Waals surface area contributed by atoms with Crippen LogP contribution in [0.15, 0.2) is 100 Å². The molecule has 2 heteroatoms. The molecule has 2 aromatic carbocycles. The Kier molecular flexibility index (Phi) is 27.3. The molecule has 0 aromatic heterocycles. The minimum Gasteiger partial charge on any atom is -0.361 e. The predicted molar refractivity (Wildman–Crippen MR) is 160 cm³/mol. The van der Waals surface area contributed by atoms with Crippen molar-refractivity contribution in [2.24, 2.45) is 0 Å². The van der Waals surface area contributed by atoms with E-state index in [1.165, 1.54) is 35.1 Å². The number of hydrogen-bond acceptors (Lipinski definition) is 2. The van der Waals surface area contributed by atoms with Gasteiger partial charge in [0.15, 0.2) is 0 Å². The van der Waals surface area contributed by atoms with E-state index in [0.29, 0.717) is 0 Å². The summed E-state index contributed by atoms with van der Waals surface area (Å²) in [5.74, 6) is 0. The highest BCUT2D eigenvalue weighted by Crippen LogP contribution is 2.16. The fraction of sp³-hybridized carbons (Fsp3) is 0.312. The third-order valence-electron chi connectivity index (χ3n) is 4.09. The van der Waals surface area contributed by atoms with Crippen molar-refractivity contribution in [1.82, 2.24) is 10.6 Å². The van der Waals surface area contributed by atoms with Crippen LogP contribution in [0.2, 0.25) is 0 Å². The van der Waals surface area contributed by atoms with E-state index in [1.807, 2.05) is 19.3 Å². The molecule has 0 amide bonds. The van der Waals surface area contributed by atoms with Crippen LogP contribution in [0.1, 0.15) is 69.2 Å². The molecule has 0 radical (unpaired) electrons. The van der Waals surface area contributed by atoms with Crippen molar-refractivity contribution in [1.29, 1.82) is 0 Å². The minimum atomic E-state index is 0.860. The normalized spacial score (nSPS) is 9.18. The van der Waals surface area contributed by atoms with E-state index in [4.69, 9.17) is 0 Å². The second kappa shape index (κ2) is 26.2. The Morgan fingerprint density at radius 1 is 0.912 bits per heavy atom. The zero-order valence-electron chi connectivity index (χ0n) is 22.8. The van der Waals surface area contributed by atoms with Crippen LogP contribution in [0.3, 0.4) is 0 Å². The van der Waals surface area contributed by atoms with Crippen molar-refractivity contribution in [3.05, 3.63) is 123 Å². The van der Waals surface area contributed by atoms with Crippen molar-refractivity contribution < 1.29 is 0 Å². The average molecular weight is 463 g/mol. The second-order valence-corrected chi connectivity index (χ2v) is 7.33. The van der Waals surface area contributed by atoms with Crippen LogP contribution in [0.5, 0.6) is 0 Å². The van der Waals surface area contributed by atoms with Gasteiger partial charge in [0.05, 0.1) is 0 Å². The fourth-order valence-electron chi connectivity index (χ4n) is 2.53. The number of unbranched alkanes of at least 4 members (excludes halogenated alkanes) is 1. The number of aryl methyl sites for hydroxylation is 1. The van der Waals surface area contributed by atoms with E-state index in [0.717, 1.165) is 24.2 Å². The van der Waals surface area contributed by atoms with E-state index < -0.39 is 0 Å². The van der Waals surface area contributed by atoms with Crippen molar-refractivity contribution in [2.45, 2.75) is 60.4 Å². The molecule has 34 heavy (non-hydrogen) atoms. The number of benzene rings is 2.